The normalized spacial score (nSPS) is 17.1. The fourth-order valence-electron chi connectivity index (χ4n) is 3.86. The van der Waals surface area contributed by atoms with Crippen LogP contribution < -0.4 is 14.2 Å². The molecule has 0 saturated carbocycles. The van der Waals surface area contributed by atoms with Crippen molar-refractivity contribution in [3.63, 3.8) is 0 Å². The average molecular weight is 494 g/mol. The van der Waals surface area contributed by atoms with E-state index in [2.05, 4.69) is 0 Å². The van der Waals surface area contributed by atoms with Crippen LogP contribution in [0, 0.1) is 11.7 Å². The van der Waals surface area contributed by atoms with Crippen molar-refractivity contribution in [2.75, 3.05) is 39.5 Å². The Morgan fingerprint density at radius 1 is 1.00 bits per heavy atom. The van der Waals surface area contributed by atoms with Crippen molar-refractivity contribution in [1.29, 1.82) is 0 Å². The van der Waals surface area contributed by atoms with Crippen molar-refractivity contribution in [2.24, 2.45) is 5.92 Å². The third kappa shape index (κ3) is 5.98. The second-order valence-corrected chi connectivity index (χ2v) is 10.1. The summed E-state index contributed by atoms with van der Waals surface area (Å²) < 4.78 is 62.5. The number of benzene rings is 2. The van der Waals surface area contributed by atoms with Gasteiger partial charge in [-0.2, -0.15) is 4.31 Å². The van der Waals surface area contributed by atoms with E-state index in [-0.39, 0.29) is 42.3 Å². The third-order valence-corrected chi connectivity index (χ3v) is 7.65. The third-order valence-electron chi connectivity index (χ3n) is 5.76. The largest absolute Gasteiger partial charge is 0.493 e. The Labute approximate surface area is 198 Å². The quantitative estimate of drug-likeness (QED) is 0.411. The van der Waals surface area contributed by atoms with E-state index >= 15 is 0 Å². The Bertz CT molecular complexity index is 1080. The molecule has 0 aromatic heterocycles. The van der Waals surface area contributed by atoms with E-state index in [9.17, 15) is 17.6 Å². The van der Waals surface area contributed by atoms with Gasteiger partial charge in [0.15, 0.2) is 11.5 Å². The van der Waals surface area contributed by atoms with Crippen LogP contribution in [0.4, 0.5) is 4.39 Å². The Hall–Kier alpha value is -2.85. The van der Waals surface area contributed by atoms with E-state index in [0.717, 1.165) is 6.42 Å². The van der Waals surface area contributed by atoms with Crippen molar-refractivity contribution < 1.29 is 36.6 Å². The molecule has 34 heavy (non-hydrogen) atoms. The minimum atomic E-state index is -3.70. The van der Waals surface area contributed by atoms with Gasteiger partial charge in [0.25, 0.3) is 0 Å². The first-order valence-corrected chi connectivity index (χ1v) is 12.8. The molecule has 2 aromatic carbocycles. The summed E-state index contributed by atoms with van der Waals surface area (Å²) >= 11 is 0. The van der Waals surface area contributed by atoms with Crippen LogP contribution in [0.1, 0.15) is 25.7 Å². The van der Waals surface area contributed by atoms with E-state index in [1.54, 1.807) is 6.07 Å². The fraction of sp³-hybridized carbons (Fsp3) is 0.458. The van der Waals surface area contributed by atoms with Crippen molar-refractivity contribution in [3.8, 4) is 17.2 Å². The Balaban J connectivity index is 1.22. The van der Waals surface area contributed by atoms with Crippen molar-refractivity contribution in [3.05, 3.63) is 48.3 Å². The molecule has 10 heteroatoms. The highest BCUT2D eigenvalue weighted by Gasteiger charge is 2.33. The number of piperidine rings is 1. The van der Waals surface area contributed by atoms with Gasteiger partial charge in [-0.05, 0) is 49.2 Å². The standard InChI is InChI=1S/C24H28FNO7S/c25-19-3-5-20(6-4-19)30-13-1-16-33-24(27)18-9-11-26(12-10-18)34(28,29)21-7-8-22-23(17-21)32-15-2-14-31-22/h3-8,17-18H,1-2,9-16H2. The first kappa shape index (κ1) is 24.3. The minimum absolute atomic E-state index is 0.152. The number of carbonyl (C=O) groups excluding carboxylic acids is 1. The predicted octanol–water partition coefficient (Wildman–Crippen LogP) is 3.40. The average Bonchev–Trinajstić information content (AvgIpc) is 3.10. The maximum atomic E-state index is 13.1. The second kappa shape index (κ2) is 11.1. The van der Waals surface area contributed by atoms with Gasteiger partial charge in [-0.25, -0.2) is 12.8 Å². The summed E-state index contributed by atoms with van der Waals surface area (Å²) in [5, 5.41) is 0. The molecule has 0 N–H and O–H groups in total. The number of sulfonamides is 1. The molecule has 0 unspecified atom stereocenters. The van der Waals surface area contributed by atoms with Gasteiger partial charge >= 0.3 is 5.97 Å². The first-order chi connectivity index (χ1) is 16.4. The number of ether oxygens (including phenoxy) is 4. The molecule has 2 aliphatic heterocycles. The molecule has 8 nitrogen and oxygen atoms in total. The van der Waals surface area contributed by atoms with Crippen LogP contribution in [-0.4, -0.2) is 58.2 Å². The second-order valence-electron chi connectivity index (χ2n) is 8.16. The van der Waals surface area contributed by atoms with Crippen LogP contribution in [0.15, 0.2) is 47.4 Å². The topological polar surface area (TPSA) is 91.4 Å². The van der Waals surface area contributed by atoms with Crippen molar-refractivity contribution >= 4 is 16.0 Å². The van der Waals surface area contributed by atoms with Gasteiger partial charge in [0.05, 0.1) is 37.2 Å². The van der Waals surface area contributed by atoms with E-state index in [1.807, 2.05) is 0 Å². The zero-order valence-corrected chi connectivity index (χ0v) is 19.6. The zero-order valence-electron chi connectivity index (χ0n) is 18.8. The van der Waals surface area contributed by atoms with Crippen LogP contribution >= 0.6 is 0 Å². The number of halogens is 1. The molecule has 0 bridgehead atoms. The first-order valence-electron chi connectivity index (χ1n) is 11.4. The maximum absolute atomic E-state index is 13.1. The van der Waals surface area contributed by atoms with Gasteiger partial charge in [0.2, 0.25) is 10.0 Å². The molecule has 184 valence electrons. The highest BCUT2D eigenvalue weighted by atomic mass is 32.2. The van der Waals surface area contributed by atoms with Crippen molar-refractivity contribution in [2.45, 2.75) is 30.6 Å². The smallest absolute Gasteiger partial charge is 0.309 e. The molecule has 2 aromatic rings. The predicted molar refractivity (Wildman–Crippen MR) is 121 cm³/mol. The summed E-state index contributed by atoms with van der Waals surface area (Å²) in [6.07, 6.45) is 2.03. The van der Waals surface area contributed by atoms with Gasteiger partial charge in [-0.3, -0.25) is 4.79 Å². The summed E-state index contributed by atoms with van der Waals surface area (Å²) in [7, 11) is -3.70. The molecule has 2 heterocycles. The minimum Gasteiger partial charge on any atom is -0.493 e. The van der Waals surface area contributed by atoms with Crippen LogP contribution in [-0.2, 0) is 19.6 Å². The molecule has 0 aliphatic carbocycles. The van der Waals surface area contributed by atoms with Gasteiger partial charge < -0.3 is 18.9 Å². The summed E-state index contributed by atoms with van der Waals surface area (Å²) in [5.41, 5.74) is 0. The lowest BCUT2D eigenvalue weighted by Crippen LogP contribution is -2.40. The molecule has 1 saturated heterocycles. The Kier molecular flexibility index (Phi) is 7.89. The molecule has 1 fully saturated rings. The monoisotopic (exact) mass is 493 g/mol. The van der Waals surface area contributed by atoms with Gasteiger partial charge in [-0.1, -0.05) is 0 Å². The van der Waals surface area contributed by atoms with E-state index < -0.39 is 10.0 Å². The Morgan fingerprint density at radius 3 is 2.44 bits per heavy atom. The summed E-state index contributed by atoms with van der Waals surface area (Å²) in [5.74, 6) is 0.529. The van der Waals surface area contributed by atoms with E-state index in [0.29, 0.717) is 56.3 Å². The van der Waals surface area contributed by atoms with Crippen LogP contribution in [0.2, 0.25) is 0 Å². The summed E-state index contributed by atoms with van der Waals surface area (Å²) in [6, 6.07) is 10.4. The van der Waals surface area contributed by atoms with Gasteiger partial charge in [-0.15, -0.1) is 0 Å². The summed E-state index contributed by atoms with van der Waals surface area (Å²) in [4.78, 5) is 12.5. The summed E-state index contributed by atoms with van der Waals surface area (Å²) in [6.45, 7) is 2.03. The number of hydrogen-bond acceptors (Lipinski definition) is 7. The van der Waals surface area contributed by atoms with Crippen LogP contribution in [0.25, 0.3) is 0 Å². The molecular weight excluding hydrogens is 465 g/mol. The highest BCUT2D eigenvalue weighted by molar-refractivity contribution is 7.89. The van der Waals surface area contributed by atoms with E-state index in [4.69, 9.17) is 18.9 Å². The lowest BCUT2D eigenvalue weighted by molar-refractivity contribution is -0.150. The molecule has 0 atom stereocenters. The van der Waals surface area contributed by atoms with Crippen LogP contribution in [0.5, 0.6) is 17.2 Å². The number of hydrogen-bond donors (Lipinski definition) is 0. The SMILES string of the molecule is O=C(OCCCOc1ccc(F)cc1)C1CCN(S(=O)(=O)c2ccc3c(c2)OCCCO3)CC1. The number of esters is 1. The number of nitrogens with zero attached hydrogens (tertiary/aromatic N) is 1. The van der Waals surface area contributed by atoms with E-state index in [1.165, 1.54) is 40.7 Å². The number of fused-ring (bicyclic) bond motifs is 1. The van der Waals surface area contributed by atoms with Gasteiger partial charge in [0, 0.05) is 32.0 Å². The molecule has 0 amide bonds. The van der Waals surface area contributed by atoms with Gasteiger partial charge in [0.1, 0.15) is 11.6 Å². The lowest BCUT2D eigenvalue weighted by atomic mass is 9.98. The lowest BCUT2D eigenvalue weighted by Gasteiger charge is -2.30. The molecule has 0 spiro atoms. The van der Waals surface area contributed by atoms with Crippen molar-refractivity contribution in [1.82, 2.24) is 4.31 Å². The zero-order chi connectivity index (χ0) is 24.0. The number of carbonyl (C=O) groups is 1. The number of rotatable bonds is 8. The molecule has 4 rings (SSSR count). The molecule has 0 radical (unpaired) electrons. The van der Waals surface area contributed by atoms with Crippen LogP contribution in [0.3, 0.4) is 0 Å². The fourth-order valence-corrected chi connectivity index (χ4v) is 5.34. The molecule has 2 aliphatic rings. The molecular formula is C24H28FNO7S. The Morgan fingerprint density at radius 2 is 1.71 bits per heavy atom. The maximum Gasteiger partial charge on any atom is 0.309 e. The highest BCUT2D eigenvalue weighted by Crippen LogP contribution is 2.34.